The minimum Gasteiger partial charge on any atom is -0.394 e. The van der Waals surface area contributed by atoms with Gasteiger partial charge in [0, 0.05) is 19.2 Å². The van der Waals surface area contributed by atoms with Crippen LogP contribution in [-0.2, 0) is 4.74 Å². The van der Waals surface area contributed by atoms with Crippen LogP contribution in [0.5, 0.6) is 0 Å². The van der Waals surface area contributed by atoms with E-state index in [0.717, 1.165) is 0 Å². The van der Waals surface area contributed by atoms with Gasteiger partial charge < -0.3 is 19.3 Å². The van der Waals surface area contributed by atoms with Crippen molar-refractivity contribution < 1.29 is 19.2 Å². The van der Waals surface area contributed by atoms with Gasteiger partial charge in [0.25, 0.3) is 5.91 Å². The third-order valence-electron chi connectivity index (χ3n) is 2.66. The smallest absolute Gasteiger partial charge is 0.276 e. The molecule has 2 atom stereocenters. The normalized spacial score (nSPS) is 25.0. The molecule has 6 nitrogen and oxygen atoms in total. The predicted molar refractivity (Wildman–Crippen MR) is 58.6 cm³/mol. The summed E-state index contributed by atoms with van der Waals surface area (Å²) >= 11 is 0. The maximum Gasteiger partial charge on any atom is 0.276 e. The summed E-state index contributed by atoms with van der Waals surface area (Å²) in [6.07, 6.45) is -0.409. The Morgan fingerprint density at radius 1 is 1.65 bits per heavy atom. The molecule has 0 aliphatic carbocycles. The first-order chi connectivity index (χ1) is 8.10. The van der Waals surface area contributed by atoms with Gasteiger partial charge in [0.15, 0.2) is 5.69 Å². The number of morpholine rings is 1. The van der Waals surface area contributed by atoms with E-state index in [1.807, 2.05) is 6.92 Å². The van der Waals surface area contributed by atoms with Gasteiger partial charge in [-0.2, -0.15) is 0 Å². The summed E-state index contributed by atoms with van der Waals surface area (Å²) < 4.78 is 10.3. The van der Waals surface area contributed by atoms with Crippen LogP contribution < -0.4 is 0 Å². The van der Waals surface area contributed by atoms with Gasteiger partial charge in [-0.3, -0.25) is 4.79 Å². The zero-order valence-corrected chi connectivity index (χ0v) is 9.92. The van der Waals surface area contributed by atoms with Gasteiger partial charge in [0.1, 0.15) is 5.76 Å². The number of hydrogen-bond acceptors (Lipinski definition) is 5. The Morgan fingerprint density at radius 3 is 3.00 bits per heavy atom. The first-order valence-electron chi connectivity index (χ1n) is 5.59. The zero-order valence-electron chi connectivity index (χ0n) is 9.92. The van der Waals surface area contributed by atoms with E-state index in [-0.39, 0.29) is 24.7 Å². The molecule has 17 heavy (non-hydrogen) atoms. The summed E-state index contributed by atoms with van der Waals surface area (Å²) in [7, 11) is 0. The first kappa shape index (κ1) is 12.1. The highest BCUT2D eigenvalue weighted by atomic mass is 16.5. The lowest BCUT2D eigenvalue weighted by Gasteiger charge is -2.35. The van der Waals surface area contributed by atoms with Crippen LogP contribution in [0.25, 0.3) is 0 Å². The first-order valence-corrected chi connectivity index (χ1v) is 5.59. The average molecular weight is 240 g/mol. The van der Waals surface area contributed by atoms with Crippen molar-refractivity contribution in [1.29, 1.82) is 0 Å². The molecule has 0 spiro atoms. The topological polar surface area (TPSA) is 75.8 Å². The summed E-state index contributed by atoms with van der Waals surface area (Å²) in [5.74, 6) is 0.420. The van der Waals surface area contributed by atoms with Gasteiger partial charge >= 0.3 is 0 Å². The number of amides is 1. The molecule has 1 aromatic rings. The molecule has 94 valence electrons. The molecule has 0 radical (unpaired) electrons. The molecule has 2 heterocycles. The standard InChI is InChI=1S/C11H16N2O4/c1-7-3-10(12-17-7)11(15)13-4-8(2)16-9(5-13)6-14/h3,8-9,14H,4-6H2,1-2H3. The molecule has 6 heteroatoms. The summed E-state index contributed by atoms with van der Waals surface area (Å²) in [6.45, 7) is 4.40. The summed E-state index contributed by atoms with van der Waals surface area (Å²) in [6, 6.07) is 1.61. The fraction of sp³-hybridized carbons (Fsp3) is 0.636. The van der Waals surface area contributed by atoms with Crippen molar-refractivity contribution in [2.24, 2.45) is 0 Å². The van der Waals surface area contributed by atoms with Crippen LogP contribution in [0.1, 0.15) is 23.2 Å². The Balaban J connectivity index is 2.08. The number of hydrogen-bond donors (Lipinski definition) is 1. The Hall–Kier alpha value is -1.40. The third kappa shape index (κ3) is 2.65. The SMILES string of the molecule is Cc1cc(C(=O)N2CC(C)OC(CO)C2)no1. The van der Waals surface area contributed by atoms with Crippen LogP contribution in [-0.4, -0.2) is 53.0 Å². The van der Waals surface area contributed by atoms with Crippen molar-refractivity contribution >= 4 is 5.91 Å². The second-order valence-electron chi connectivity index (χ2n) is 4.28. The molecule has 1 fully saturated rings. The van der Waals surface area contributed by atoms with Crippen molar-refractivity contribution in [3.05, 3.63) is 17.5 Å². The molecule has 1 N–H and O–H groups in total. The molecular formula is C11H16N2O4. The third-order valence-corrected chi connectivity index (χ3v) is 2.66. The molecule has 1 aliphatic rings. The Labute approximate surface area is 99.1 Å². The van der Waals surface area contributed by atoms with Gasteiger partial charge in [0.05, 0.1) is 18.8 Å². The maximum absolute atomic E-state index is 12.1. The highest BCUT2D eigenvalue weighted by molar-refractivity contribution is 5.92. The Bertz CT molecular complexity index is 404. The van der Waals surface area contributed by atoms with Crippen molar-refractivity contribution in [2.45, 2.75) is 26.1 Å². The van der Waals surface area contributed by atoms with Gasteiger partial charge in [-0.1, -0.05) is 5.16 Å². The molecule has 0 saturated carbocycles. The Morgan fingerprint density at radius 2 is 2.41 bits per heavy atom. The molecule has 1 saturated heterocycles. The van der Waals surface area contributed by atoms with E-state index in [1.165, 1.54) is 0 Å². The monoisotopic (exact) mass is 240 g/mol. The van der Waals surface area contributed by atoms with Crippen molar-refractivity contribution in [3.8, 4) is 0 Å². The number of aliphatic hydroxyl groups is 1. The fourth-order valence-electron chi connectivity index (χ4n) is 1.94. The van der Waals surface area contributed by atoms with E-state index in [9.17, 15) is 4.79 Å². The number of nitrogens with zero attached hydrogens (tertiary/aromatic N) is 2. The van der Waals surface area contributed by atoms with Gasteiger partial charge in [-0.15, -0.1) is 0 Å². The fourth-order valence-corrected chi connectivity index (χ4v) is 1.94. The van der Waals surface area contributed by atoms with E-state index < -0.39 is 0 Å². The molecule has 2 unspecified atom stereocenters. The molecule has 0 aromatic carbocycles. The van der Waals surface area contributed by atoms with E-state index in [2.05, 4.69) is 5.16 Å². The van der Waals surface area contributed by atoms with E-state index in [0.29, 0.717) is 24.5 Å². The molecular weight excluding hydrogens is 224 g/mol. The van der Waals surface area contributed by atoms with Crippen LogP contribution in [0.4, 0.5) is 0 Å². The largest absolute Gasteiger partial charge is 0.394 e. The van der Waals surface area contributed by atoms with Crippen molar-refractivity contribution in [1.82, 2.24) is 10.1 Å². The molecule has 2 rings (SSSR count). The van der Waals surface area contributed by atoms with E-state index >= 15 is 0 Å². The average Bonchev–Trinajstić information content (AvgIpc) is 2.74. The predicted octanol–water partition coefficient (Wildman–Crippen LogP) is 0.205. The quantitative estimate of drug-likeness (QED) is 0.799. The number of aromatic nitrogens is 1. The lowest BCUT2D eigenvalue weighted by molar-refractivity contribution is -0.0860. The van der Waals surface area contributed by atoms with Crippen molar-refractivity contribution in [3.63, 3.8) is 0 Å². The maximum atomic E-state index is 12.1. The van der Waals surface area contributed by atoms with Crippen LogP contribution >= 0.6 is 0 Å². The lowest BCUT2D eigenvalue weighted by atomic mass is 10.2. The summed E-state index contributed by atoms with van der Waals surface area (Å²) in [5, 5.41) is 12.8. The lowest BCUT2D eigenvalue weighted by Crippen LogP contribution is -2.50. The van der Waals surface area contributed by atoms with Gasteiger partial charge in [0.2, 0.25) is 0 Å². The zero-order chi connectivity index (χ0) is 12.4. The molecule has 1 aliphatic heterocycles. The highest BCUT2D eigenvalue weighted by Gasteiger charge is 2.29. The summed E-state index contributed by atoms with van der Waals surface area (Å²) in [4.78, 5) is 13.7. The molecule has 1 amide bonds. The van der Waals surface area contributed by atoms with Gasteiger partial charge in [-0.25, -0.2) is 0 Å². The second-order valence-corrected chi connectivity index (χ2v) is 4.28. The Kier molecular flexibility index (Phi) is 3.44. The van der Waals surface area contributed by atoms with Crippen LogP contribution in [0, 0.1) is 6.92 Å². The minimum absolute atomic E-state index is 0.0853. The van der Waals surface area contributed by atoms with Gasteiger partial charge in [-0.05, 0) is 13.8 Å². The summed E-state index contributed by atoms with van der Waals surface area (Å²) in [5.41, 5.74) is 0.299. The second kappa shape index (κ2) is 4.85. The number of carbonyl (C=O) groups is 1. The number of aliphatic hydroxyl groups excluding tert-OH is 1. The van der Waals surface area contributed by atoms with E-state index in [4.69, 9.17) is 14.4 Å². The number of carbonyl (C=O) groups excluding carboxylic acids is 1. The van der Waals surface area contributed by atoms with Crippen LogP contribution in [0.3, 0.4) is 0 Å². The van der Waals surface area contributed by atoms with Crippen LogP contribution in [0.15, 0.2) is 10.6 Å². The molecule has 1 aromatic heterocycles. The van der Waals surface area contributed by atoms with E-state index in [1.54, 1.807) is 17.9 Å². The highest BCUT2D eigenvalue weighted by Crippen LogP contribution is 2.14. The van der Waals surface area contributed by atoms with Crippen LogP contribution in [0.2, 0.25) is 0 Å². The number of ether oxygens (including phenoxy) is 1. The molecule has 0 bridgehead atoms. The number of rotatable bonds is 2. The van der Waals surface area contributed by atoms with Crippen molar-refractivity contribution in [2.75, 3.05) is 19.7 Å². The minimum atomic E-state index is -0.323. The number of aryl methyl sites for hydroxylation is 1.